The highest BCUT2D eigenvalue weighted by Gasteiger charge is 2.09. The first kappa shape index (κ1) is 11.2. The van der Waals surface area contributed by atoms with Gasteiger partial charge in [-0.1, -0.05) is 24.1 Å². The van der Waals surface area contributed by atoms with Crippen LogP contribution >= 0.6 is 0 Å². The number of hydrogen-bond donors (Lipinski definition) is 1. The van der Waals surface area contributed by atoms with Crippen molar-refractivity contribution in [3.8, 4) is 11.8 Å². The molecular weight excluding hydrogens is 222 g/mol. The Kier molecular flexibility index (Phi) is 3.20. The van der Waals surface area contributed by atoms with Crippen LogP contribution in [0.15, 0.2) is 30.5 Å². The van der Waals surface area contributed by atoms with Gasteiger partial charge in [0.2, 0.25) is 5.82 Å². The molecule has 0 aliphatic carbocycles. The second-order valence-electron chi connectivity index (χ2n) is 4.57. The van der Waals surface area contributed by atoms with Gasteiger partial charge in [-0.15, -0.1) is 0 Å². The van der Waals surface area contributed by atoms with Crippen molar-refractivity contribution in [2.45, 2.75) is 12.8 Å². The smallest absolute Gasteiger partial charge is 0.205 e. The molecule has 0 spiro atoms. The van der Waals surface area contributed by atoms with E-state index in [2.05, 4.69) is 27.1 Å². The van der Waals surface area contributed by atoms with Gasteiger partial charge in [-0.25, -0.2) is 9.97 Å². The van der Waals surface area contributed by atoms with Crippen molar-refractivity contribution in [1.29, 1.82) is 0 Å². The van der Waals surface area contributed by atoms with E-state index in [0.29, 0.717) is 11.7 Å². The summed E-state index contributed by atoms with van der Waals surface area (Å²) < 4.78 is 0. The molecule has 0 radical (unpaired) electrons. The van der Waals surface area contributed by atoms with E-state index in [0.717, 1.165) is 24.0 Å². The fourth-order valence-corrected chi connectivity index (χ4v) is 2.17. The van der Waals surface area contributed by atoms with E-state index in [9.17, 15) is 0 Å². The van der Waals surface area contributed by atoms with E-state index in [-0.39, 0.29) is 0 Å². The number of nitrogens with one attached hydrogen (secondary N) is 1. The van der Waals surface area contributed by atoms with E-state index in [1.807, 2.05) is 30.5 Å². The fourth-order valence-electron chi connectivity index (χ4n) is 2.17. The topological polar surface area (TPSA) is 37.8 Å². The van der Waals surface area contributed by atoms with Crippen LogP contribution in [-0.4, -0.2) is 23.1 Å². The van der Waals surface area contributed by atoms with Gasteiger partial charge in [0.15, 0.2) is 0 Å². The van der Waals surface area contributed by atoms with Crippen LogP contribution in [0.4, 0.5) is 0 Å². The summed E-state index contributed by atoms with van der Waals surface area (Å²) in [4.78, 5) is 8.74. The molecule has 90 valence electrons. The Morgan fingerprint density at radius 2 is 2.22 bits per heavy atom. The molecule has 1 aromatic heterocycles. The van der Waals surface area contributed by atoms with Gasteiger partial charge in [-0.2, -0.15) is 0 Å². The van der Waals surface area contributed by atoms with E-state index in [1.54, 1.807) is 0 Å². The molecule has 3 rings (SSSR count). The summed E-state index contributed by atoms with van der Waals surface area (Å²) >= 11 is 0. The number of rotatable bonds is 0. The third kappa shape index (κ3) is 2.49. The summed E-state index contributed by atoms with van der Waals surface area (Å²) in [5, 5.41) is 4.42. The molecule has 1 aromatic carbocycles. The number of para-hydroxylation sites is 1. The van der Waals surface area contributed by atoms with E-state index < -0.39 is 0 Å². The molecule has 1 N–H and O–H groups in total. The van der Waals surface area contributed by atoms with Crippen molar-refractivity contribution in [2.24, 2.45) is 5.92 Å². The Hall–Kier alpha value is -1.92. The quantitative estimate of drug-likeness (QED) is 0.712. The van der Waals surface area contributed by atoms with Crippen molar-refractivity contribution in [2.75, 3.05) is 13.1 Å². The highest BCUT2D eigenvalue weighted by molar-refractivity contribution is 5.77. The Morgan fingerprint density at radius 1 is 1.28 bits per heavy atom. The van der Waals surface area contributed by atoms with Gasteiger partial charge in [-0.3, -0.25) is 0 Å². The molecule has 0 saturated carbocycles. The number of hydrogen-bond acceptors (Lipinski definition) is 3. The lowest BCUT2D eigenvalue weighted by Gasteiger charge is -2.17. The minimum atomic E-state index is 0.439. The summed E-state index contributed by atoms with van der Waals surface area (Å²) in [6, 6.07) is 7.98. The van der Waals surface area contributed by atoms with Gasteiger partial charge in [0, 0.05) is 24.0 Å². The molecule has 1 aliphatic heterocycles. The van der Waals surface area contributed by atoms with Crippen molar-refractivity contribution in [1.82, 2.24) is 15.3 Å². The Bertz CT molecular complexity index is 604. The zero-order chi connectivity index (χ0) is 12.2. The number of aromatic nitrogens is 2. The lowest BCUT2D eigenvalue weighted by molar-refractivity contribution is 0.449. The van der Waals surface area contributed by atoms with Gasteiger partial charge in [0.25, 0.3) is 0 Å². The third-order valence-electron chi connectivity index (χ3n) is 3.17. The van der Waals surface area contributed by atoms with Crippen LogP contribution in [0.5, 0.6) is 0 Å². The minimum absolute atomic E-state index is 0.439. The maximum Gasteiger partial charge on any atom is 0.205 e. The van der Waals surface area contributed by atoms with Crippen LogP contribution in [0.1, 0.15) is 18.7 Å². The van der Waals surface area contributed by atoms with Crippen molar-refractivity contribution >= 4 is 10.9 Å². The molecule has 3 nitrogen and oxygen atoms in total. The van der Waals surface area contributed by atoms with Crippen LogP contribution in [0.3, 0.4) is 0 Å². The van der Waals surface area contributed by atoms with Crippen LogP contribution in [-0.2, 0) is 0 Å². The molecule has 1 unspecified atom stereocenters. The summed E-state index contributed by atoms with van der Waals surface area (Å²) in [6.45, 7) is 2.10. The van der Waals surface area contributed by atoms with Gasteiger partial charge in [0.1, 0.15) is 0 Å². The zero-order valence-corrected chi connectivity index (χ0v) is 10.2. The molecule has 2 heterocycles. The molecular formula is C15H15N3. The number of piperidine rings is 1. The second kappa shape index (κ2) is 5.16. The SMILES string of the molecule is C(#CC1CCCNC1)c1ncc2ccccc2n1. The van der Waals surface area contributed by atoms with Crippen LogP contribution in [0.25, 0.3) is 10.9 Å². The van der Waals surface area contributed by atoms with Crippen molar-refractivity contribution in [3.63, 3.8) is 0 Å². The summed E-state index contributed by atoms with van der Waals surface area (Å²) in [5.41, 5.74) is 0.957. The summed E-state index contributed by atoms with van der Waals surface area (Å²) in [5.74, 6) is 7.42. The largest absolute Gasteiger partial charge is 0.316 e. The number of benzene rings is 1. The van der Waals surface area contributed by atoms with Crippen LogP contribution in [0, 0.1) is 17.8 Å². The third-order valence-corrected chi connectivity index (χ3v) is 3.17. The maximum absolute atomic E-state index is 4.45. The normalized spacial score (nSPS) is 19.2. The molecule has 18 heavy (non-hydrogen) atoms. The average Bonchev–Trinajstić information content (AvgIpc) is 2.46. The Labute approximate surface area is 107 Å². The van der Waals surface area contributed by atoms with Gasteiger partial charge >= 0.3 is 0 Å². The van der Waals surface area contributed by atoms with Gasteiger partial charge in [0.05, 0.1) is 5.52 Å². The average molecular weight is 237 g/mol. The minimum Gasteiger partial charge on any atom is -0.316 e. The fraction of sp³-hybridized carbons (Fsp3) is 0.333. The Balaban J connectivity index is 1.84. The van der Waals surface area contributed by atoms with Crippen molar-refractivity contribution < 1.29 is 0 Å². The lowest BCUT2D eigenvalue weighted by atomic mass is 10.0. The maximum atomic E-state index is 4.45. The standard InChI is InChI=1S/C15H15N3/c1-2-6-14-13(5-1)11-17-15(18-14)8-7-12-4-3-9-16-10-12/h1-2,5-6,11-12,16H,3-4,9-10H2. The highest BCUT2D eigenvalue weighted by atomic mass is 14.9. The highest BCUT2D eigenvalue weighted by Crippen LogP contribution is 2.10. The van der Waals surface area contributed by atoms with Gasteiger partial charge in [-0.05, 0) is 31.4 Å². The first-order valence-electron chi connectivity index (χ1n) is 6.36. The first-order chi connectivity index (χ1) is 8.92. The molecule has 1 atom stereocenters. The van der Waals surface area contributed by atoms with E-state index in [1.165, 1.54) is 12.8 Å². The van der Waals surface area contributed by atoms with Gasteiger partial charge < -0.3 is 5.32 Å². The van der Waals surface area contributed by atoms with Crippen LogP contribution in [0.2, 0.25) is 0 Å². The number of nitrogens with zero attached hydrogens (tertiary/aromatic N) is 2. The predicted molar refractivity (Wildman–Crippen MR) is 72.0 cm³/mol. The molecule has 1 aliphatic rings. The summed E-state index contributed by atoms with van der Waals surface area (Å²) in [7, 11) is 0. The molecule has 3 heteroatoms. The molecule has 1 saturated heterocycles. The second-order valence-corrected chi connectivity index (χ2v) is 4.57. The molecule has 1 fully saturated rings. The molecule has 0 bridgehead atoms. The molecule has 0 amide bonds. The van der Waals surface area contributed by atoms with Crippen molar-refractivity contribution in [3.05, 3.63) is 36.3 Å². The van der Waals surface area contributed by atoms with E-state index >= 15 is 0 Å². The number of fused-ring (bicyclic) bond motifs is 1. The lowest BCUT2D eigenvalue weighted by Crippen LogP contribution is -2.28. The zero-order valence-electron chi connectivity index (χ0n) is 10.2. The Morgan fingerprint density at radius 3 is 3.11 bits per heavy atom. The monoisotopic (exact) mass is 237 g/mol. The molecule has 2 aromatic rings. The predicted octanol–water partition coefficient (Wildman–Crippen LogP) is 1.98. The summed E-state index contributed by atoms with van der Waals surface area (Å²) in [6.07, 6.45) is 4.22. The first-order valence-corrected chi connectivity index (χ1v) is 6.36. The van der Waals surface area contributed by atoms with E-state index in [4.69, 9.17) is 0 Å². The van der Waals surface area contributed by atoms with Crippen LogP contribution < -0.4 is 5.32 Å².